The van der Waals surface area contributed by atoms with E-state index in [9.17, 15) is 4.79 Å². The molecule has 2 amide bonds. The van der Waals surface area contributed by atoms with Gasteiger partial charge in [0.05, 0.1) is 0 Å². The third-order valence-electron chi connectivity index (χ3n) is 4.13. The van der Waals surface area contributed by atoms with Gasteiger partial charge in [-0.15, -0.1) is 0 Å². The molecule has 1 N–H and O–H groups in total. The topological polar surface area (TPSA) is 38.8 Å². The van der Waals surface area contributed by atoms with Crippen LogP contribution in [0.2, 0.25) is 5.02 Å². The first kappa shape index (κ1) is 18.0. The first-order valence-corrected chi connectivity index (χ1v) is 8.56. The number of halogens is 1. The van der Waals surface area contributed by atoms with E-state index in [-0.39, 0.29) is 6.03 Å². The summed E-state index contributed by atoms with van der Waals surface area (Å²) in [7, 11) is 4.18. The number of hydrogen-bond donors (Lipinski definition) is 1. The average molecular weight is 339 g/mol. The fourth-order valence-electron chi connectivity index (χ4n) is 2.59. The van der Waals surface area contributed by atoms with Gasteiger partial charge in [-0.3, -0.25) is 4.90 Å². The van der Waals surface area contributed by atoms with Gasteiger partial charge in [-0.1, -0.05) is 23.7 Å². The average Bonchev–Trinajstić information content (AvgIpc) is 2.55. The molecule has 5 nitrogen and oxygen atoms in total. The molecule has 1 aliphatic rings. The molecular weight excluding hydrogens is 312 g/mol. The van der Waals surface area contributed by atoms with Gasteiger partial charge in [0.15, 0.2) is 0 Å². The molecule has 0 atom stereocenters. The summed E-state index contributed by atoms with van der Waals surface area (Å²) >= 11 is 5.87. The molecule has 1 fully saturated rings. The van der Waals surface area contributed by atoms with Crippen LogP contribution in [-0.2, 0) is 6.42 Å². The molecule has 1 aliphatic heterocycles. The number of likely N-dealkylation sites (N-methyl/N-ethyl adjacent to an activating group) is 1. The van der Waals surface area contributed by atoms with Crippen molar-refractivity contribution in [1.82, 2.24) is 20.0 Å². The largest absolute Gasteiger partial charge is 0.338 e. The standard InChI is InChI=1S/C17H27ClN4O/c1-20(2)9-10-21-11-13-22(14-12-21)17(23)19-8-7-15-3-5-16(18)6-4-15/h3-6H,7-14H2,1-2H3,(H,19,23). The number of nitrogens with one attached hydrogen (secondary N) is 1. The fourth-order valence-corrected chi connectivity index (χ4v) is 2.72. The third kappa shape index (κ3) is 6.37. The van der Waals surface area contributed by atoms with E-state index in [0.29, 0.717) is 6.54 Å². The summed E-state index contributed by atoms with van der Waals surface area (Å²) in [6.45, 7) is 6.31. The van der Waals surface area contributed by atoms with E-state index in [1.807, 2.05) is 29.2 Å². The molecule has 128 valence electrons. The van der Waals surface area contributed by atoms with Crippen molar-refractivity contribution in [2.24, 2.45) is 0 Å². The summed E-state index contributed by atoms with van der Waals surface area (Å²) in [5.74, 6) is 0. The number of carbonyl (C=O) groups is 1. The minimum atomic E-state index is 0.0474. The molecule has 1 heterocycles. The molecule has 2 rings (SSSR count). The van der Waals surface area contributed by atoms with Gasteiger partial charge in [-0.05, 0) is 38.2 Å². The highest BCUT2D eigenvalue weighted by Crippen LogP contribution is 2.09. The number of urea groups is 1. The van der Waals surface area contributed by atoms with Crippen LogP contribution in [0, 0.1) is 0 Å². The Kier molecular flexibility index (Phi) is 7.15. The number of nitrogens with zero attached hydrogens (tertiary/aromatic N) is 3. The molecule has 0 unspecified atom stereocenters. The van der Waals surface area contributed by atoms with Crippen LogP contribution in [-0.4, -0.2) is 80.6 Å². The molecule has 0 aromatic heterocycles. The Hall–Kier alpha value is -1.30. The monoisotopic (exact) mass is 338 g/mol. The quantitative estimate of drug-likeness (QED) is 0.859. The maximum Gasteiger partial charge on any atom is 0.317 e. The predicted molar refractivity (Wildman–Crippen MR) is 95.1 cm³/mol. The first-order valence-electron chi connectivity index (χ1n) is 8.19. The summed E-state index contributed by atoms with van der Waals surface area (Å²) < 4.78 is 0. The predicted octanol–water partition coefficient (Wildman–Crippen LogP) is 1.77. The fraction of sp³-hybridized carbons (Fsp3) is 0.588. The Morgan fingerprint density at radius 2 is 1.83 bits per heavy atom. The van der Waals surface area contributed by atoms with Crippen LogP contribution in [0.1, 0.15) is 5.56 Å². The van der Waals surface area contributed by atoms with Crippen LogP contribution < -0.4 is 5.32 Å². The van der Waals surface area contributed by atoms with Crippen LogP contribution in [0.3, 0.4) is 0 Å². The second-order valence-corrected chi connectivity index (χ2v) is 6.68. The minimum absolute atomic E-state index is 0.0474. The summed E-state index contributed by atoms with van der Waals surface area (Å²) in [5, 5.41) is 3.75. The van der Waals surface area contributed by atoms with Crippen LogP contribution in [0.15, 0.2) is 24.3 Å². The minimum Gasteiger partial charge on any atom is -0.338 e. The van der Waals surface area contributed by atoms with E-state index in [1.165, 1.54) is 5.56 Å². The van der Waals surface area contributed by atoms with Crippen molar-refractivity contribution in [2.75, 3.05) is 59.9 Å². The molecule has 0 saturated carbocycles. The Labute approximate surface area is 144 Å². The van der Waals surface area contributed by atoms with Crippen molar-refractivity contribution in [2.45, 2.75) is 6.42 Å². The van der Waals surface area contributed by atoms with E-state index in [0.717, 1.165) is 50.7 Å². The molecule has 0 radical (unpaired) electrons. The number of hydrogen-bond acceptors (Lipinski definition) is 3. The van der Waals surface area contributed by atoms with Gasteiger partial charge in [-0.25, -0.2) is 4.79 Å². The first-order chi connectivity index (χ1) is 11.0. The number of carbonyl (C=O) groups excluding carboxylic acids is 1. The van der Waals surface area contributed by atoms with E-state index >= 15 is 0 Å². The summed E-state index contributed by atoms with van der Waals surface area (Å²) in [6, 6.07) is 7.80. The van der Waals surface area contributed by atoms with Gasteiger partial charge in [0.25, 0.3) is 0 Å². The zero-order valence-electron chi connectivity index (χ0n) is 14.1. The van der Waals surface area contributed by atoms with E-state index in [2.05, 4.69) is 29.2 Å². The van der Waals surface area contributed by atoms with E-state index < -0.39 is 0 Å². The Morgan fingerprint density at radius 1 is 1.17 bits per heavy atom. The number of benzene rings is 1. The van der Waals surface area contributed by atoms with E-state index in [4.69, 9.17) is 11.6 Å². The lowest BCUT2D eigenvalue weighted by molar-refractivity contribution is 0.133. The molecule has 6 heteroatoms. The molecule has 1 aromatic rings. The molecule has 0 aliphatic carbocycles. The van der Waals surface area contributed by atoms with Crippen molar-refractivity contribution in [3.05, 3.63) is 34.9 Å². The van der Waals surface area contributed by atoms with Crippen molar-refractivity contribution in [1.29, 1.82) is 0 Å². The van der Waals surface area contributed by atoms with Crippen molar-refractivity contribution >= 4 is 17.6 Å². The second kappa shape index (κ2) is 9.11. The molecular formula is C17H27ClN4O. The van der Waals surface area contributed by atoms with Gasteiger partial charge < -0.3 is 15.1 Å². The van der Waals surface area contributed by atoms with Gasteiger partial charge in [0, 0.05) is 50.8 Å². The van der Waals surface area contributed by atoms with Crippen molar-refractivity contribution < 1.29 is 4.79 Å². The maximum atomic E-state index is 12.2. The highest BCUT2D eigenvalue weighted by Gasteiger charge is 2.20. The number of amides is 2. The zero-order valence-corrected chi connectivity index (χ0v) is 14.9. The van der Waals surface area contributed by atoms with Crippen molar-refractivity contribution in [3.63, 3.8) is 0 Å². The van der Waals surface area contributed by atoms with Gasteiger partial charge in [0.1, 0.15) is 0 Å². The highest BCUT2D eigenvalue weighted by molar-refractivity contribution is 6.30. The van der Waals surface area contributed by atoms with Gasteiger partial charge in [0.2, 0.25) is 0 Å². The van der Waals surface area contributed by atoms with Crippen LogP contribution in [0.25, 0.3) is 0 Å². The van der Waals surface area contributed by atoms with Crippen LogP contribution in [0.4, 0.5) is 4.79 Å². The molecule has 0 spiro atoms. The SMILES string of the molecule is CN(C)CCN1CCN(C(=O)NCCc2ccc(Cl)cc2)CC1. The van der Waals surface area contributed by atoms with Crippen LogP contribution >= 0.6 is 11.6 Å². The molecule has 1 aromatic carbocycles. The summed E-state index contributed by atoms with van der Waals surface area (Å²) in [5.41, 5.74) is 1.18. The normalized spacial score (nSPS) is 15.9. The Balaban J connectivity index is 1.64. The third-order valence-corrected chi connectivity index (χ3v) is 4.38. The lowest BCUT2D eigenvalue weighted by Gasteiger charge is -2.35. The second-order valence-electron chi connectivity index (χ2n) is 6.24. The van der Waals surface area contributed by atoms with E-state index in [1.54, 1.807) is 0 Å². The number of rotatable bonds is 6. The maximum absolute atomic E-state index is 12.2. The lowest BCUT2D eigenvalue weighted by atomic mass is 10.1. The lowest BCUT2D eigenvalue weighted by Crippen LogP contribution is -2.52. The molecule has 1 saturated heterocycles. The highest BCUT2D eigenvalue weighted by atomic mass is 35.5. The van der Waals surface area contributed by atoms with Crippen molar-refractivity contribution in [3.8, 4) is 0 Å². The van der Waals surface area contributed by atoms with Gasteiger partial charge >= 0.3 is 6.03 Å². The number of piperazine rings is 1. The smallest absolute Gasteiger partial charge is 0.317 e. The summed E-state index contributed by atoms with van der Waals surface area (Å²) in [4.78, 5) is 18.7. The molecule has 0 bridgehead atoms. The molecule has 23 heavy (non-hydrogen) atoms. The Morgan fingerprint density at radius 3 is 2.43 bits per heavy atom. The Bertz CT molecular complexity index is 484. The van der Waals surface area contributed by atoms with Crippen LogP contribution in [0.5, 0.6) is 0 Å². The summed E-state index contributed by atoms with van der Waals surface area (Å²) in [6.07, 6.45) is 0.825. The van der Waals surface area contributed by atoms with Gasteiger partial charge in [-0.2, -0.15) is 0 Å². The zero-order chi connectivity index (χ0) is 16.7.